The summed E-state index contributed by atoms with van der Waals surface area (Å²) in [4.78, 5) is 14.6. The maximum atomic E-state index is 13.2. The summed E-state index contributed by atoms with van der Waals surface area (Å²) in [6.45, 7) is 3.87. The van der Waals surface area contributed by atoms with Crippen molar-refractivity contribution in [3.05, 3.63) is 59.7 Å². The van der Waals surface area contributed by atoms with E-state index < -0.39 is 17.0 Å². The van der Waals surface area contributed by atoms with Gasteiger partial charge in [-0.3, -0.25) is 4.79 Å². The lowest BCUT2D eigenvalue weighted by Crippen LogP contribution is -2.37. The highest BCUT2D eigenvalue weighted by Crippen LogP contribution is 2.36. The van der Waals surface area contributed by atoms with Crippen LogP contribution >= 0.6 is 11.8 Å². The number of alkyl halides is 3. The van der Waals surface area contributed by atoms with Crippen LogP contribution in [0.4, 0.5) is 24.5 Å². The number of morpholine rings is 1. The minimum absolute atomic E-state index is 0.180. The number of carbonyl (C=O) groups excluding carboxylic acids is 1. The van der Waals surface area contributed by atoms with E-state index in [2.05, 4.69) is 5.32 Å². The summed E-state index contributed by atoms with van der Waals surface area (Å²) in [7, 11) is 0. The Bertz CT molecular complexity index is 824. The van der Waals surface area contributed by atoms with Crippen LogP contribution in [-0.4, -0.2) is 37.5 Å². The molecule has 1 amide bonds. The van der Waals surface area contributed by atoms with Crippen LogP contribution in [-0.2, 0) is 21.5 Å². The highest BCUT2D eigenvalue weighted by molar-refractivity contribution is 7.99. The quantitative estimate of drug-likeness (QED) is 0.723. The molecule has 1 saturated heterocycles. The maximum absolute atomic E-state index is 13.2. The first-order valence-corrected chi connectivity index (χ1v) is 10.4. The normalized spacial score (nSPS) is 15.8. The molecule has 1 unspecified atom stereocenters. The van der Waals surface area contributed by atoms with E-state index in [4.69, 9.17) is 4.74 Å². The molecule has 0 bridgehead atoms. The summed E-state index contributed by atoms with van der Waals surface area (Å²) in [6, 6.07) is 13.2. The standard InChI is InChI=1S/C21H23F3N2O2S/c1-15(29-14-16-5-3-2-4-6-16)20(27)25-18-13-17(21(22,23)24)7-8-19(18)26-9-11-28-12-10-26/h2-8,13,15H,9-12,14H2,1H3,(H,25,27). The van der Waals surface area contributed by atoms with Gasteiger partial charge in [-0.25, -0.2) is 0 Å². The minimum atomic E-state index is -4.48. The van der Waals surface area contributed by atoms with Crippen molar-refractivity contribution in [2.24, 2.45) is 0 Å². The first-order valence-electron chi connectivity index (χ1n) is 9.35. The SMILES string of the molecule is CC(SCc1ccccc1)C(=O)Nc1cc(C(F)(F)F)ccc1N1CCOCC1. The molecule has 1 aliphatic heterocycles. The number of amides is 1. The van der Waals surface area contributed by atoms with Gasteiger partial charge in [-0.1, -0.05) is 30.3 Å². The summed E-state index contributed by atoms with van der Waals surface area (Å²) in [5.41, 5.74) is 1.06. The van der Waals surface area contributed by atoms with Gasteiger partial charge in [-0.15, -0.1) is 11.8 Å². The topological polar surface area (TPSA) is 41.6 Å². The fourth-order valence-corrected chi connectivity index (χ4v) is 3.84. The molecule has 156 valence electrons. The molecule has 1 heterocycles. The Labute approximate surface area is 172 Å². The Morgan fingerprint density at radius 3 is 2.52 bits per heavy atom. The minimum Gasteiger partial charge on any atom is -0.378 e. The molecule has 8 heteroatoms. The van der Waals surface area contributed by atoms with Crippen LogP contribution in [0.2, 0.25) is 0 Å². The van der Waals surface area contributed by atoms with Crippen LogP contribution in [0.1, 0.15) is 18.1 Å². The Morgan fingerprint density at radius 1 is 1.17 bits per heavy atom. The van der Waals surface area contributed by atoms with Gasteiger partial charge >= 0.3 is 6.18 Å². The molecule has 0 saturated carbocycles. The van der Waals surface area contributed by atoms with Gasteiger partial charge in [0.25, 0.3) is 0 Å². The number of halogens is 3. The van der Waals surface area contributed by atoms with Gasteiger partial charge < -0.3 is 15.0 Å². The number of benzene rings is 2. The molecule has 29 heavy (non-hydrogen) atoms. The van der Waals surface area contributed by atoms with E-state index in [0.29, 0.717) is 37.7 Å². The molecule has 2 aromatic carbocycles. The number of ether oxygens (including phenoxy) is 1. The predicted molar refractivity (Wildman–Crippen MR) is 110 cm³/mol. The molecular weight excluding hydrogens is 401 g/mol. The molecule has 0 spiro atoms. The third-order valence-electron chi connectivity index (χ3n) is 4.65. The van der Waals surface area contributed by atoms with Gasteiger partial charge in [0.05, 0.1) is 35.4 Å². The maximum Gasteiger partial charge on any atom is 0.416 e. The summed E-state index contributed by atoms with van der Waals surface area (Å²) < 4.78 is 44.9. The van der Waals surface area contributed by atoms with Gasteiger partial charge in [0.15, 0.2) is 0 Å². The average Bonchev–Trinajstić information content (AvgIpc) is 2.72. The summed E-state index contributed by atoms with van der Waals surface area (Å²) in [5, 5.41) is 2.30. The highest BCUT2D eigenvalue weighted by atomic mass is 32.2. The molecule has 1 N–H and O–H groups in total. The first-order chi connectivity index (χ1) is 13.8. The predicted octanol–water partition coefficient (Wildman–Crippen LogP) is 4.80. The highest BCUT2D eigenvalue weighted by Gasteiger charge is 2.32. The van der Waals surface area contributed by atoms with Crippen LogP contribution in [0.5, 0.6) is 0 Å². The van der Waals surface area contributed by atoms with E-state index in [9.17, 15) is 18.0 Å². The van der Waals surface area contributed by atoms with Gasteiger partial charge in [0, 0.05) is 18.8 Å². The van der Waals surface area contributed by atoms with Crippen LogP contribution in [0.15, 0.2) is 48.5 Å². The number of hydrogen-bond donors (Lipinski definition) is 1. The van der Waals surface area contributed by atoms with Crippen molar-refractivity contribution in [2.45, 2.75) is 24.1 Å². The molecular formula is C21H23F3N2O2S. The largest absolute Gasteiger partial charge is 0.416 e. The zero-order valence-corrected chi connectivity index (χ0v) is 16.9. The monoisotopic (exact) mass is 424 g/mol. The molecule has 2 aromatic rings. The van der Waals surface area contributed by atoms with Crippen molar-refractivity contribution in [1.82, 2.24) is 0 Å². The van der Waals surface area contributed by atoms with Crippen LogP contribution in [0, 0.1) is 0 Å². The lowest BCUT2D eigenvalue weighted by molar-refractivity contribution is -0.137. The number of thioether (sulfide) groups is 1. The molecule has 1 atom stereocenters. The lowest BCUT2D eigenvalue weighted by Gasteiger charge is -2.31. The lowest BCUT2D eigenvalue weighted by atomic mass is 10.1. The molecule has 0 aromatic heterocycles. The van der Waals surface area contributed by atoms with Crippen molar-refractivity contribution < 1.29 is 22.7 Å². The number of anilines is 2. The van der Waals surface area contributed by atoms with Gasteiger partial charge in [-0.05, 0) is 30.7 Å². The van der Waals surface area contributed by atoms with E-state index in [1.165, 1.54) is 17.8 Å². The number of nitrogens with one attached hydrogen (secondary N) is 1. The summed E-state index contributed by atoms with van der Waals surface area (Å²) >= 11 is 1.44. The number of hydrogen-bond acceptors (Lipinski definition) is 4. The molecule has 4 nitrogen and oxygen atoms in total. The number of carbonyl (C=O) groups is 1. The van der Waals surface area contributed by atoms with E-state index >= 15 is 0 Å². The smallest absolute Gasteiger partial charge is 0.378 e. The first kappa shape index (κ1) is 21.5. The van der Waals surface area contributed by atoms with Crippen LogP contribution < -0.4 is 10.2 Å². The van der Waals surface area contributed by atoms with E-state index in [1.54, 1.807) is 6.92 Å². The fraction of sp³-hybridized carbons (Fsp3) is 0.381. The van der Waals surface area contributed by atoms with Crippen molar-refractivity contribution in [1.29, 1.82) is 0 Å². The third-order valence-corrected chi connectivity index (χ3v) is 5.86. The molecule has 1 fully saturated rings. The summed E-state index contributed by atoms with van der Waals surface area (Å²) in [6.07, 6.45) is -4.48. The second kappa shape index (κ2) is 9.54. The van der Waals surface area contributed by atoms with Crippen molar-refractivity contribution in [3.63, 3.8) is 0 Å². The van der Waals surface area contributed by atoms with Crippen molar-refractivity contribution in [3.8, 4) is 0 Å². The van der Waals surface area contributed by atoms with Crippen molar-refractivity contribution >= 4 is 29.0 Å². The van der Waals surface area contributed by atoms with Crippen LogP contribution in [0.25, 0.3) is 0 Å². The molecule has 1 aliphatic rings. The van der Waals surface area contributed by atoms with E-state index in [1.807, 2.05) is 35.2 Å². The van der Waals surface area contributed by atoms with Gasteiger partial charge in [0.1, 0.15) is 0 Å². The van der Waals surface area contributed by atoms with Crippen LogP contribution in [0.3, 0.4) is 0 Å². The average molecular weight is 424 g/mol. The number of nitrogens with zero attached hydrogens (tertiary/aromatic N) is 1. The van der Waals surface area contributed by atoms with Crippen molar-refractivity contribution in [2.75, 3.05) is 36.5 Å². The Kier molecular flexibility index (Phi) is 7.08. The Morgan fingerprint density at radius 2 is 1.86 bits per heavy atom. The second-order valence-electron chi connectivity index (χ2n) is 6.76. The van der Waals surface area contributed by atoms with E-state index in [0.717, 1.165) is 17.7 Å². The van der Waals surface area contributed by atoms with Gasteiger partial charge in [-0.2, -0.15) is 13.2 Å². The zero-order chi connectivity index (χ0) is 20.9. The Balaban J connectivity index is 1.74. The molecule has 0 radical (unpaired) electrons. The molecule has 0 aliphatic carbocycles. The Hall–Kier alpha value is -2.19. The van der Waals surface area contributed by atoms with Gasteiger partial charge in [0.2, 0.25) is 5.91 Å². The van der Waals surface area contributed by atoms with E-state index in [-0.39, 0.29) is 11.6 Å². The number of rotatable bonds is 6. The fourth-order valence-electron chi connectivity index (χ4n) is 3.00. The third kappa shape index (κ3) is 5.90. The zero-order valence-electron chi connectivity index (χ0n) is 16.0. The molecule has 3 rings (SSSR count). The summed E-state index contributed by atoms with van der Waals surface area (Å²) in [5.74, 6) is 0.327. The second-order valence-corrected chi connectivity index (χ2v) is 8.09.